The zero-order valence-corrected chi connectivity index (χ0v) is 17.9. The molecule has 0 radical (unpaired) electrons. The minimum atomic E-state index is -4.36. The molecule has 0 aliphatic rings. The molecule has 0 heterocycles. The second-order valence-corrected chi connectivity index (χ2v) is 8.30. The van der Waals surface area contributed by atoms with E-state index in [1.165, 1.54) is 30.3 Å². The van der Waals surface area contributed by atoms with Gasteiger partial charge in [-0.3, -0.25) is 0 Å². The smallest absolute Gasteiger partial charge is 0.312 e. The molecule has 0 bridgehead atoms. The van der Waals surface area contributed by atoms with Gasteiger partial charge in [0, 0.05) is 18.8 Å². The predicted molar refractivity (Wildman–Crippen MR) is 120 cm³/mol. The highest BCUT2D eigenvalue weighted by molar-refractivity contribution is 7.99. The number of nitrogens with one attached hydrogen (secondary N) is 1. The largest absolute Gasteiger partial charge is 0.416 e. The lowest BCUT2D eigenvalue weighted by Gasteiger charge is -2.18. The van der Waals surface area contributed by atoms with Gasteiger partial charge in [0.2, 0.25) is 0 Å². The average Bonchev–Trinajstić information content (AvgIpc) is 2.77. The van der Waals surface area contributed by atoms with Crippen LogP contribution in [0.3, 0.4) is 0 Å². The Balaban J connectivity index is 1.51. The number of rotatable bonds is 9. The van der Waals surface area contributed by atoms with Crippen molar-refractivity contribution in [2.45, 2.75) is 11.4 Å². The first-order valence-electron chi connectivity index (χ1n) is 10.00. The van der Waals surface area contributed by atoms with Gasteiger partial charge in [-0.1, -0.05) is 48.6 Å². The normalized spacial score (nSPS) is 12.1. The first kappa shape index (κ1) is 24.0. The summed E-state index contributed by atoms with van der Waals surface area (Å²) in [5.74, 6) is 0.105. The monoisotopic (exact) mass is 463 g/mol. The molecule has 3 rings (SSSR count). The summed E-state index contributed by atoms with van der Waals surface area (Å²) in [6, 6.07) is 17.7. The van der Waals surface area contributed by atoms with E-state index in [0.717, 1.165) is 29.0 Å². The Bertz CT molecular complexity index is 968. The van der Waals surface area contributed by atoms with Crippen LogP contribution in [0.2, 0.25) is 0 Å². The van der Waals surface area contributed by atoms with Crippen molar-refractivity contribution in [2.24, 2.45) is 0 Å². The Hall–Kier alpha value is -2.64. The third-order valence-corrected chi connectivity index (χ3v) is 6.01. The second kappa shape index (κ2) is 11.3. The molecule has 0 spiro atoms. The minimum absolute atomic E-state index is 0.0707. The van der Waals surface area contributed by atoms with Crippen LogP contribution in [0.5, 0.6) is 0 Å². The lowest BCUT2D eigenvalue weighted by molar-refractivity contribution is -0.137. The van der Waals surface area contributed by atoms with Crippen molar-refractivity contribution in [1.29, 1.82) is 0 Å². The molecule has 3 aromatic rings. The van der Waals surface area contributed by atoms with Gasteiger partial charge in [-0.05, 0) is 53.1 Å². The molecule has 0 aliphatic heterocycles. The van der Waals surface area contributed by atoms with E-state index < -0.39 is 11.7 Å². The summed E-state index contributed by atoms with van der Waals surface area (Å²) in [4.78, 5) is 0. The Morgan fingerprint density at radius 2 is 1.44 bits per heavy atom. The zero-order chi connectivity index (χ0) is 23.0. The fourth-order valence-corrected chi connectivity index (χ4v) is 4.31. The summed E-state index contributed by atoms with van der Waals surface area (Å²) in [5, 5.41) is 3.16. The number of thioether (sulfide) groups is 1. The summed E-state index contributed by atoms with van der Waals surface area (Å²) in [5.41, 5.74) is 1.67. The second-order valence-electron chi connectivity index (χ2n) is 7.08. The zero-order valence-electron chi connectivity index (χ0n) is 17.1. The molecule has 0 aliphatic carbocycles. The molecule has 1 N–H and O–H groups in total. The van der Waals surface area contributed by atoms with Crippen molar-refractivity contribution >= 4 is 17.8 Å². The molecule has 0 saturated heterocycles. The van der Waals surface area contributed by atoms with Crippen LogP contribution in [0.15, 0.2) is 78.9 Å². The van der Waals surface area contributed by atoms with Gasteiger partial charge < -0.3 is 5.32 Å². The summed E-state index contributed by atoms with van der Waals surface area (Å²) in [6.45, 7) is 1.17. The van der Waals surface area contributed by atoms with E-state index in [1.807, 2.05) is 0 Å². The number of alkyl halides is 3. The van der Waals surface area contributed by atoms with Crippen LogP contribution >= 0.6 is 11.8 Å². The highest BCUT2D eigenvalue weighted by Crippen LogP contribution is 2.35. The molecule has 0 atom stereocenters. The van der Waals surface area contributed by atoms with E-state index in [0.29, 0.717) is 18.7 Å². The quantitative estimate of drug-likeness (QED) is 0.268. The Morgan fingerprint density at radius 1 is 0.844 bits per heavy atom. The van der Waals surface area contributed by atoms with Crippen LogP contribution in [0.1, 0.15) is 27.5 Å². The van der Waals surface area contributed by atoms with Crippen LogP contribution in [0.25, 0.3) is 6.08 Å². The van der Waals surface area contributed by atoms with Gasteiger partial charge in [0.05, 0.1) is 10.8 Å². The van der Waals surface area contributed by atoms with Crippen molar-refractivity contribution in [3.63, 3.8) is 0 Å². The van der Waals surface area contributed by atoms with Gasteiger partial charge in [0.25, 0.3) is 0 Å². The number of hydrogen-bond donors (Lipinski definition) is 1. The highest BCUT2D eigenvalue weighted by atomic mass is 32.2. The van der Waals surface area contributed by atoms with Crippen LogP contribution in [0.4, 0.5) is 22.0 Å². The van der Waals surface area contributed by atoms with Crippen LogP contribution in [0, 0.1) is 11.6 Å². The van der Waals surface area contributed by atoms with E-state index in [1.54, 1.807) is 54.2 Å². The Labute approximate surface area is 188 Å². The van der Waals surface area contributed by atoms with Gasteiger partial charge in [-0.2, -0.15) is 13.2 Å². The SMILES string of the molecule is Fc1ccc(C(SCCNC/C=C/c2cccc(C(F)(F)F)c2)c2ccc(F)cc2)cc1. The van der Waals surface area contributed by atoms with E-state index >= 15 is 0 Å². The van der Waals surface area contributed by atoms with Gasteiger partial charge in [-0.15, -0.1) is 11.8 Å². The lowest BCUT2D eigenvalue weighted by Crippen LogP contribution is -2.17. The fraction of sp³-hybridized carbons (Fsp3) is 0.200. The van der Waals surface area contributed by atoms with E-state index in [2.05, 4.69) is 5.32 Å². The molecule has 0 fully saturated rings. The topological polar surface area (TPSA) is 12.0 Å². The summed E-state index contributed by atoms with van der Waals surface area (Å²) in [7, 11) is 0. The molecular formula is C25H22F5NS. The van der Waals surface area contributed by atoms with E-state index in [-0.39, 0.29) is 16.9 Å². The van der Waals surface area contributed by atoms with Crippen LogP contribution in [-0.4, -0.2) is 18.8 Å². The number of benzene rings is 3. The molecule has 0 aromatic heterocycles. The highest BCUT2D eigenvalue weighted by Gasteiger charge is 2.30. The van der Waals surface area contributed by atoms with Crippen LogP contribution in [-0.2, 0) is 6.18 Å². The molecule has 1 nitrogen and oxygen atoms in total. The Morgan fingerprint density at radius 3 is 2.00 bits per heavy atom. The van der Waals surface area contributed by atoms with Crippen molar-refractivity contribution in [3.8, 4) is 0 Å². The predicted octanol–water partition coefficient (Wildman–Crippen LogP) is 7.11. The van der Waals surface area contributed by atoms with Gasteiger partial charge in [0.15, 0.2) is 0 Å². The van der Waals surface area contributed by atoms with Crippen molar-refractivity contribution in [1.82, 2.24) is 5.32 Å². The first-order chi connectivity index (χ1) is 15.3. The Kier molecular flexibility index (Phi) is 8.47. The van der Waals surface area contributed by atoms with Crippen LogP contribution < -0.4 is 5.32 Å². The third kappa shape index (κ3) is 7.21. The maximum atomic E-state index is 13.3. The maximum absolute atomic E-state index is 13.3. The average molecular weight is 464 g/mol. The summed E-state index contributed by atoms with van der Waals surface area (Å²) in [6.07, 6.45) is -0.933. The van der Waals surface area contributed by atoms with Crippen molar-refractivity contribution < 1.29 is 22.0 Å². The minimum Gasteiger partial charge on any atom is -0.312 e. The summed E-state index contributed by atoms with van der Waals surface area (Å²) < 4.78 is 64.9. The number of hydrogen-bond acceptors (Lipinski definition) is 2. The van der Waals surface area contributed by atoms with Gasteiger partial charge in [-0.25, -0.2) is 8.78 Å². The van der Waals surface area contributed by atoms with Crippen molar-refractivity contribution in [2.75, 3.05) is 18.8 Å². The standard InChI is InChI=1S/C25H22F5NS/c26-22-10-6-19(7-11-22)24(20-8-12-23(27)13-9-20)32-16-15-31-14-2-4-18-3-1-5-21(17-18)25(28,29)30/h1-13,17,24,31H,14-16H2/b4-2+. The molecule has 32 heavy (non-hydrogen) atoms. The lowest BCUT2D eigenvalue weighted by atomic mass is 10.0. The molecule has 3 aromatic carbocycles. The van der Waals surface area contributed by atoms with E-state index in [4.69, 9.17) is 0 Å². The summed E-state index contributed by atoms with van der Waals surface area (Å²) >= 11 is 1.64. The van der Waals surface area contributed by atoms with Gasteiger partial charge in [0.1, 0.15) is 11.6 Å². The third-order valence-electron chi connectivity index (χ3n) is 4.70. The van der Waals surface area contributed by atoms with Crippen molar-refractivity contribution in [3.05, 3.63) is 113 Å². The number of halogens is 5. The molecule has 0 amide bonds. The molecule has 168 valence electrons. The molecule has 0 unspecified atom stereocenters. The van der Waals surface area contributed by atoms with E-state index in [9.17, 15) is 22.0 Å². The molecule has 0 saturated carbocycles. The fourth-order valence-electron chi connectivity index (χ4n) is 3.11. The van der Waals surface area contributed by atoms with Gasteiger partial charge >= 0.3 is 6.18 Å². The maximum Gasteiger partial charge on any atom is 0.416 e. The first-order valence-corrected chi connectivity index (χ1v) is 11.0. The molecule has 7 heteroatoms. The molecular weight excluding hydrogens is 441 g/mol.